The minimum Gasteiger partial charge on any atom is -0.507 e. The highest BCUT2D eigenvalue weighted by atomic mass is 16.3. The number of phenols is 1. The van der Waals surface area contributed by atoms with Gasteiger partial charge in [0.1, 0.15) is 17.5 Å². The summed E-state index contributed by atoms with van der Waals surface area (Å²) in [7, 11) is 0. The van der Waals surface area contributed by atoms with Crippen LogP contribution in [0, 0.1) is 18.3 Å². The van der Waals surface area contributed by atoms with Crippen LogP contribution in [0.1, 0.15) is 11.3 Å². The van der Waals surface area contributed by atoms with Crippen LogP contribution in [0.5, 0.6) is 5.75 Å². The topological polar surface area (TPSA) is 56.9 Å². The average Bonchev–Trinajstić information content (AvgIpc) is 2.29. The van der Waals surface area contributed by atoms with Gasteiger partial charge in [-0.1, -0.05) is 12.1 Å². The zero-order chi connectivity index (χ0) is 11.5. The number of hydrogen-bond acceptors (Lipinski definition) is 3. The third-order valence-corrected chi connectivity index (χ3v) is 2.34. The van der Waals surface area contributed by atoms with E-state index in [1.54, 1.807) is 24.4 Å². The monoisotopic (exact) mass is 210 g/mol. The maximum atomic E-state index is 9.78. The van der Waals surface area contributed by atoms with Crippen LogP contribution in [0.25, 0.3) is 11.1 Å². The Labute approximate surface area is 93.6 Å². The Morgan fingerprint density at radius 1 is 1.25 bits per heavy atom. The zero-order valence-electron chi connectivity index (χ0n) is 8.81. The van der Waals surface area contributed by atoms with Gasteiger partial charge in [0, 0.05) is 17.3 Å². The quantitative estimate of drug-likeness (QED) is 0.787. The molecule has 0 spiro atoms. The predicted octanol–water partition coefficient (Wildman–Crippen LogP) is 2.63. The molecule has 0 saturated carbocycles. The summed E-state index contributed by atoms with van der Waals surface area (Å²) >= 11 is 0. The van der Waals surface area contributed by atoms with Crippen LogP contribution in [0.2, 0.25) is 0 Å². The van der Waals surface area contributed by atoms with Crippen molar-refractivity contribution in [3.63, 3.8) is 0 Å². The molecule has 0 atom stereocenters. The van der Waals surface area contributed by atoms with Gasteiger partial charge in [0.25, 0.3) is 0 Å². The van der Waals surface area contributed by atoms with Crippen LogP contribution < -0.4 is 0 Å². The van der Waals surface area contributed by atoms with Crippen LogP contribution in [0.4, 0.5) is 0 Å². The Morgan fingerprint density at radius 2 is 2.06 bits per heavy atom. The molecule has 0 aliphatic carbocycles. The summed E-state index contributed by atoms with van der Waals surface area (Å²) in [5.41, 5.74) is 2.90. The molecule has 2 rings (SSSR count). The number of aryl methyl sites for hydroxylation is 1. The van der Waals surface area contributed by atoms with Gasteiger partial charge >= 0.3 is 0 Å². The van der Waals surface area contributed by atoms with Crippen LogP contribution in [0.15, 0.2) is 36.5 Å². The number of pyridine rings is 1. The SMILES string of the molecule is Cc1ccc(-c2ccc(C#N)nc2)c(O)c1. The van der Waals surface area contributed by atoms with Crippen molar-refractivity contribution in [1.82, 2.24) is 4.98 Å². The van der Waals surface area contributed by atoms with Gasteiger partial charge in [-0.15, -0.1) is 0 Å². The minimum atomic E-state index is 0.228. The molecule has 3 nitrogen and oxygen atoms in total. The van der Waals surface area contributed by atoms with Crippen molar-refractivity contribution in [3.05, 3.63) is 47.8 Å². The lowest BCUT2D eigenvalue weighted by atomic mass is 10.0. The average molecular weight is 210 g/mol. The molecule has 2 aromatic rings. The second-order valence-electron chi connectivity index (χ2n) is 3.56. The first-order valence-electron chi connectivity index (χ1n) is 4.87. The second kappa shape index (κ2) is 4.03. The number of nitrogens with zero attached hydrogens (tertiary/aromatic N) is 2. The molecule has 0 radical (unpaired) electrons. The molecule has 3 heteroatoms. The first kappa shape index (κ1) is 10.2. The van der Waals surface area contributed by atoms with Crippen molar-refractivity contribution in [3.8, 4) is 22.9 Å². The highest BCUT2D eigenvalue weighted by Gasteiger charge is 2.04. The fourth-order valence-electron chi connectivity index (χ4n) is 1.51. The lowest BCUT2D eigenvalue weighted by molar-refractivity contribution is 0.477. The molecular formula is C13H10N2O. The summed E-state index contributed by atoms with van der Waals surface area (Å²) in [5, 5.41) is 18.4. The predicted molar refractivity (Wildman–Crippen MR) is 60.8 cm³/mol. The Kier molecular flexibility index (Phi) is 2.57. The minimum absolute atomic E-state index is 0.228. The number of benzene rings is 1. The number of aromatic hydroxyl groups is 1. The largest absolute Gasteiger partial charge is 0.507 e. The Bertz CT molecular complexity index is 553. The molecule has 0 bridgehead atoms. The maximum Gasteiger partial charge on any atom is 0.140 e. The molecule has 0 saturated heterocycles. The maximum absolute atomic E-state index is 9.78. The summed E-state index contributed by atoms with van der Waals surface area (Å²) in [6.45, 7) is 1.92. The number of nitriles is 1. The molecule has 1 aromatic carbocycles. The molecule has 1 N–H and O–H groups in total. The summed E-state index contributed by atoms with van der Waals surface area (Å²) in [6.07, 6.45) is 1.59. The Hall–Kier alpha value is -2.34. The first-order chi connectivity index (χ1) is 7.70. The summed E-state index contributed by atoms with van der Waals surface area (Å²) in [6, 6.07) is 10.8. The third-order valence-electron chi connectivity index (χ3n) is 2.34. The van der Waals surface area contributed by atoms with Gasteiger partial charge in [-0.25, -0.2) is 4.98 Å². The molecule has 78 valence electrons. The molecule has 0 aliphatic heterocycles. The van der Waals surface area contributed by atoms with Crippen LogP contribution in [0.3, 0.4) is 0 Å². The van der Waals surface area contributed by atoms with Crippen molar-refractivity contribution in [2.45, 2.75) is 6.92 Å². The molecule has 1 heterocycles. The van der Waals surface area contributed by atoms with E-state index < -0.39 is 0 Å². The van der Waals surface area contributed by atoms with Gasteiger partial charge in [-0.2, -0.15) is 5.26 Å². The lowest BCUT2D eigenvalue weighted by Gasteiger charge is -2.05. The first-order valence-corrected chi connectivity index (χ1v) is 4.87. The van der Waals surface area contributed by atoms with Gasteiger partial charge in [0.2, 0.25) is 0 Å². The van der Waals surface area contributed by atoms with Crippen molar-refractivity contribution in [2.75, 3.05) is 0 Å². The standard InChI is InChI=1S/C13H10N2O/c1-9-2-5-12(13(16)6-9)10-3-4-11(7-14)15-8-10/h2-6,8,16H,1H3. The van der Waals surface area contributed by atoms with E-state index in [1.165, 1.54) is 0 Å². The molecule has 0 aliphatic rings. The smallest absolute Gasteiger partial charge is 0.140 e. The van der Waals surface area contributed by atoms with Crippen LogP contribution in [-0.2, 0) is 0 Å². The Morgan fingerprint density at radius 3 is 2.62 bits per heavy atom. The van der Waals surface area contributed by atoms with Crippen molar-refractivity contribution < 1.29 is 5.11 Å². The third kappa shape index (κ3) is 1.86. The summed E-state index contributed by atoms with van der Waals surface area (Å²) in [4.78, 5) is 3.96. The molecule has 16 heavy (non-hydrogen) atoms. The normalized spacial score (nSPS) is 9.75. The lowest BCUT2D eigenvalue weighted by Crippen LogP contribution is -1.85. The Balaban J connectivity index is 2.47. The van der Waals surface area contributed by atoms with Crippen molar-refractivity contribution in [1.29, 1.82) is 5.26 Å². The number of hydrogen-bond donors (Lipinski definition) is 1. The molecule has 1 aromatic heterocycles. The molecule has 0 fully saturated rings. The summed E-state index contributed by atoms with van der Waals surface area (Å²) in [5.74, 6) is 0.228. The highest BCUT2D eigenvalue weighted by Crippen LogP contribution is 2.29. The molecule has 0 amide bonds. The van der Waals surface area contributed by atoms with E-state index in [0.717, 1.165) is 16.7 Å². The van der Waals surface area contributed by atoms with E-state index in [-0.39, 0.29) is 5.75 Å². The van der Waals surface area contributed by atoms with E-state index in [4.69, 9.17) is 5.26 Å². The number of aromatic nitrogens is 1. The van der Waals surface area contributed by atoms with E-state index in [0.29, 0.717) is 5.69 Å². The van der Waals surface area contributed by atoms with Gasteiger partial charge in [0.15, 0.2) is 0 Å². The second-order valence-corrected chi connectivity index (χ2v) is 3.56. The highest BCUT2D eigenvalue weighted by molar-refractivity contribution is 5.69. The fraction of sp³-hybridized carbons (Fsp3) is 0.0769. The van der Waals surface area contributed by atoms with Crippen molar-refractivity contribution in [2.24, 2.45) is 0 Å². The number of phenolic OH excluding ortho intramolecular Hbond substituents is 1. The van der Waals surface area contributed by atoms with E-state index in [2.05, 4.69) is 4.98 Å². The molecular weight excluding hydrogens is 200 g/mol. The van der Waals surface area contributed by atoms with Crippen LogP contribution in [-0.4, -0.2) is 10.1 Å². The number of rotatable bonds is 1. The fourth-order valence-corrected chi connectivity index (χ4v) is 1.51. The van der Waals surface area contributed by atoms with Gasteiger partial charge in [-0.3, -0.25) is 0 Å². The van der Waals surface area contributed by atoms with Crippen LogP contribution >= 0.6 is 0 Å². The van der Waals surface area contributed by atoms with Crippen molar-refractivity contribution >= 4 is 0 Å². The summed E-state index contributed by atoms with van der Waals surface area (Å²) < 4.78 is 0. The van der Waals surface area contributed by atoms with E-state index in [1.807, 2.05) is 25.1 Å². The zero-order valence-corrected chi connectivity index (χ0v) is 8.81. The van der Waals surface area contributed by atoms with E-state index in [9.17, 15) is 5.11 Å². The van der Waals surface area contributed by atoms with E-state index >= 15 is 0 Å². The van der Waals surface area contributed by atoms with Gasteiger partial charge in [0.05, 0.1) is 0 Å². The van der Waals surface area contributed by atoms with Gasteiger partial charge < -0.3 is 5.11 Å². The van der Waals surface area contributed by atoms with Gasteiger partial charge in [-0.05, 0) is 30.7 Å². The molecule has 0 unspecified atom stereocenters.